The highest BCUT2D eigenvalue weighted by Crippen LogP contribution is 2.31. The summed E-state index contributed by atoms with van der Waals surface area (Å²) in [5.74, 6) is -2.51. The van der Waals surface area contributed by atoms with Crippen LogP contribution >= 0.6 is 11.6 Å². The lowest BCUT2D eigenvalue weighted by atomic mass is 10.00. The number of fused-ring (bicyclic) bond motifs is 1. The van der Waals surface area contributed by atoms with E-state index in [4.69, 9.17) is 11.6 Å². The summed E-state index contributed by atoms with van der Waals surface area (Å²) >= 11 is 6.17. The molecule has 0 spiro atoms. The first-order valence-electron chi connectivity index (χ1n) is 12.6. The first-order chi connectivity index (χ1) is 18.6. The average Bonchev–Trinajstić information content (AvgIpc) is 2.93. The largest absolute Gasteiger partial charge is 0.368 e. The Labute approximate surface area is 234 Å². The maximum absolute atomic E-state index is 13.9. The third-order valence-electron chi connectivity index (χ3n) is 7.16. The maximum atomic E-state index is 13.9. The molecule has 0 radical (unpaired) electrons. The number of aromatic nitrogens is 1. The van der Waals surface area contributed by atoms with Gasteiger partial charge in [-0.2, -0.15) is 0 Å². The van der Waals surface area contributed by atoms with Crippen molar-refractivity contribution in [2.45, 2.75) is 30.7 Å². The standard InChI is InChI=1S/C27H28ClF2N5O3S.2H2/c1-18(35-10-2-3-19-15-20(28)4-9-25(19)35)27(36)34-13-11-33(12-14-34)22-5-7-23(8-6-22)39(37,38)32-26-24(30)16-21(29)17-31-26;;/h4-9,15-18H,2-3,10-14H2,1H3,(H,31,32);2*1H/t18-;;/m1../s1. The van der Waals surface area contributed by atoms with Gasteiger partial charge in [0.1, 0.15) is 11.9 Å². The van der Waals surface area contributed by atoms with Crippen molar-refractivity contribution in [3.05, 3.63) is 76.9 Å². The van der Waals surface area contributed by atoms with Crippen LogP contribution in [0.1, 0.15) is 21.8 Å². The van der Waals surface area contributed by atoms with E-state index in [1.165, 1.54) is 12.1 Å². The van der Waals surface area contributed by atoms with Crippen LogP contribution in [-0.4, -0.2) is 63.0 Å². The third kappa shape index (κ3) is 5.79. The minimum absolute atomic E-state index is 0. The number of aryl methyl sites for hydroxylation is 1. The van der Waals surface area contributed by atoms with Gasteiger partial charge in [0.05, 0.1) is 11.1 Å². The number of sulfonamides is 1. The quantitative estimate of drug-likeness (QED) is 0.452. The molecule has 0 bridgehead atoms. The van der Waals surface area contributed by atoms with E-state index in [1.54, 1.807) is 12.1 Å². The lowest BCUT2D eigenvalue weighted by Crippen LogP contribution is -2.55. The smallest absolute Gasteiger partial charge is 0.263 e. The van der Waals surface area contributed by atoms with E-state index in [2.05, 4.69) is 14.8 Å². The zero-order chi connectivity index (χ0) is 27.7. The lowest BCUT2D eigenvalue weighted by Gasteiger charge is -2.41. The molecule has 1 amide bonds. The van der Waals surface area contributed by atoms with Crippen LogP contribution in [0.25, 0.3) is 0 Å². The minimum Gasteiger partial charge on any atom is -0.368 e. The van der Waals surface area contributed by atoms with Crippen molar-refractivity contribution in [2.24, 2.45) is 0 Å². The van der Waals surface area contributed by atoms with Crippen LogP contribution in [0.3, 0.4) is 0 Å². The number of pyridine rings is 1. The highest BCUT2D eigenvalue weighted by molar-refractivity contribution is 7.92. The van der Waals surface area contributed by atoms with Crippen molar-refractivity contribution in [1.82, 2.24) is 9.88 Å². The topological polar surface area (TPSA) is 85.8 Å². The second-order valence-electron chi connectivity index (χ2n) is 9.64. The van der Waals surface area contributed by atoms with Gasteiger partial charge in [0.2, 0.25) is 5.91 Å². The highest BCUT2D eigenvalue weighted by Gasteiger charge is 2.31. The second kappa shape index (κ2) is 11.0. The summed E-state index contributed by atoms with van der Waals surface area (Å²) in [6.07, 6.45) is 2.65. The van der Waals surface area contributed by atoms with E-state index in [1.807, 2.05) is 34.7 Å². The number of carbonyl (C=O) groups is 1. The van der Waals surface area contributed by atoms with Crippen molar-refractivity contribution < 1.29 is 24.8 Å². The van der Waals surface area contributed by atoms with Crippen LogP contribution < -0.4 is 14.5 Å². The zero-order valence-electron chi connectivity index (χ0n) is 21.3. The third-order valence-corrected chi connectivity index (χ3v) is 8.75. The number of hydrogen-bond acceptors (Lipinski definition) is 6. The van der Waals surface area contributed by atoms with Crippen LogP contribution in [0.15, 0.2) is 59.6 Å². The van der Waals surface area contributed by atoms with Crippen molar-refractivity contribution >= 4 is 44.7 Å². The Morgan fingerprint density at radius 3 is 2.46 bits per heavy atom. The number of rotatable bonds is 6. The molecular formula is C27H32ClF2N5O3S. The fourth-order valence-electron chi connectivity index (χ4n) is 5.09. The number of halogens is 3. The van der Waals surface area contributed by atoms with Gasteiger partial charge in [-0.25, -0.2) is 22.2 Å². The predicted molar refractivity (Wildman–Crippen MR) is 151 cm³/mol. The Hall–Kier alpha value is -3.44. The summed E-state index contributed by atoms with van der Waals surface area (Å²) in [5, 5.41) is 0.700. The molecule has 8 nitrogen and oxygen atoms in total. The molecule has 3 aromatic rings. The fourth-order valence-corrected chi connectivity index (χ4v) is 6.30. The van der Waals surface area contributed by atoms with Gasteiger partial charge in [-0.15, -0.1) is 0 Å². The summed E-state index contributed by atoms with van der Waals surface area (Å²) in [7, 11) is -4.12. The summed E-state index contributed by atoms with van der Waals surface area (Å²) < 4.78 is 54.3. The molecule has 2 aromatic carbocycles. The molecule has 1 saturated heterocycles. The van der Waals surface area contributed by atoms with Crippen molar-refractivity contribution in [3.63, 3.8) is 0 Å². The maximum Gasteiger partial charge on any atom is 0.263 e. The van der Waals surface area contributed by atoms with Gasteiger partial charge in [-0.1, -0.05) is 11.6 Å². The Balaban J connectivity index is 0.00000231. The molecule has 1 fully saturated rings. The molecule has 5 rings (SSSR count). The van der Waals surface area contributed by atoms with Crippen LogP contribution in [-0.2, 0) is 21.2 Å². The average molecular weight is 580 g/mol. The fraction of sp³-hybridized carbons (Fsp3) is 0.333. The Morgan fingerprint density at radius 1 is 1.05 bits per heavy atom. The van der Waals surface area contributed by atoms with Gasteiger partial charge in [-0.3, -0.25) is 9.52 Å². The SMILES string of the molecule is C[C@H](C(=O)N1CCN(c2ccc(S(=O)(=O)Nc3ncc(F)cc3F)cc2)CC1)N1CCCc2cc(Cl)ccc21.[HH].[HH]. The minimum atomic E-state index is -4.12. The van der Waals surface area contributed by atoms with Gasteiger partial charge >= 0.3 is 0 Å². The molecule has 1 atom stereocenters. The molecule has 1 aromatic heterocycles. The van der Waals surface area contributed by atoms with E-state index in [-0.39, 0.29) is 19.7 Å². The Morgan fingerprint density at radius 2 is 1.77 bits per heavy atom. The number of anilines is 3. The number of carbonyl (C=O) groups excluding carboxylic acids is 1. The molecule has 39 heavy (non-hydrogen) atoms. The molecular weight excluding hydrogens is 548 g/mol. The molecule has 3 heterocycles. The second-order valence-corrected chi connectivity index (χ2v) is 11.8. The normalized spacial score (nSPS) is 16.6. The van der Waals surface area contributed by atoms with Crippen LogP contribution in [0.4, 0.5) is 26.0 Å². The first-order valence-corrected chi connectivity index (χ1v) is 14.5. The molecule has 2 aliphatic heterocycles. The summed E-state index contributed by atoms with van der Waals surface area (Å²) in [5.41, 5.74) is 3.03. The summed E-state index contributed by atoms with van der Waals surface area (Å²) in [4.78, 5) is 22.9. The number of hydrogen-bond donors (Lipinski definition) is 1. The van der Waals surface area contributed by atoms with E-state index >= 15 is 0 Å². The van der Waals surface area contributed by atoms with Gasteiger partial charge in [0.15, 0.2) is 11.6 Å². The Bertz CT molecular complexity index is 1490. The van der Waals surface area contributed by atoms with Gasteiger partial charge < -0.3 is 14.7 Å². The van der Waals surface area contributed by atoms with E-state index in [9.17, 15) is 22.0 Å². The first kappa shape index (κ1) is 27.1. The molecule has 1 N–H and O–H groups in total. The summed E-state index contributed by atoms with van der Waals surface area (Å²) in [6, 6.07) is 12.2. The lowest BCUT2D eigenvalue weighted by molar-refractivity contribution is -0.132. The number of nitrogens with one attached hydrogen (secondary N) is 1. The van der Waals surface area contributed by atoms with Crippen molar-refractivity contribution in [2.75, 3.05) is 47.2 Å². The van der Waals surface area contributed by atoms with Gasteiger partial charge in [-0.05, 0) is 67.8 Å². The number of benzene rings is 2. The van der Waals surface area contributed by atoms with E-state index < -0.39 is 27.5 Å². The van der Waals surface area contributed by atoms with Gasteiger partial charge in [0, 0.05) is 58.0 Å². The van der Waals surface area contributed by atoms with Crippen LogP contribution in [0.2, 0.25) is 5.02 Å². The molecule has 0 aliphatic carbocycles. The highest BCUT2D eigenvalue weighted by atomic mass is 35.5. The van der Waals surface area contributed by atoms with Crippen LogP contribution in [0.5, 0.6) is 0 Å². The molecule has 210 valence electrons. The Kier molecular flexibility index (Phi) is 7.64. The molecule has 2 aliphatic rings. The number of nitrogens with zero attached hydrogens (tertiary/aromatic N) is 4. The van der Waals surface area contributed by atoms with Crippen molar-refractivity contribution in [1.29, 1.82) is 0 Å². The molecule has 0 saturated carbocycles. The summed E-state index contributed by atoms with van der Waals surface area (Å²) in [6.45, 7) is 5.04. The van der Waals surface area contributed by atoms with E-state index in [0.29, 0.717) is 37.3 Å². The van der Waals surface area contributed by atoms with Crippen LogP contribution in [0, 0.1) is 11.6 Å². The number of amides is 1. The van der Waals surface area contributed by atoms with Crippen molar-refractivity contribution in [3.8, 4) is 0 Å². The zero-order valence-corrected chi connectivity index (χ0v) is 22.9. The van der Waals surface area contributed by atoms with E-state index in [0.717, 1.165) is 42.5 Å². The molecule has 0 unspecified atom stereocenters. The monoisotopic (exact) mass is 579 g/mol. The number of piperazine rings is 1. The van der Waals surface area contributed by atoms with Gasteiger partial charge in [0.25, 0.3) is 10.0 Å². The molecule has 12 heteroatoms. The predicted octanol–water partition coefficient (Wildman–Crippen LogP) is 4.80.